The van der Waals surface area contributed by atoms with Crippen molar-refractivity contribution < 1.29 is 43.9 Å². The molecule has 0 saturated heterocycles. The zero-order chi connectivity index (χ0) is 99.8. The zero-order valence-electron chi connectivity index (χ0n) is 79.3. The van der Waals surface area contributed by atoms with Crippen molar-refractivity contribution in [2.75, 3.05) is 19.6 Å². The molecule has 4 nitrogen and oxygen atoms in total. The largest absolute Gasteiger partial charge is 0.310 e. The van der Waals surface area contributed by atoms with Gasteiger partial charge in [0.2, 0.25) is 0 Å². The molecule has 24 rings (SSSR count). The number of hydrogen-bond acceptors (Lipinski definition) is 4. The second kappa shape index (κ2) is 38.0. The smallest absolute Gasteiger partial charge is 0.131 e. The van der Waals surface area contributed by atoms with Crippen LogP contribution in [0.5, 0.6) is 0 Å². The van der Waals surface area contributed by atoms with Crippen molar-refractivity contribution in [3.05, 3.63) is 529 Å². The minimum absolute atomic E-state index is 0.324. The standard InChI is InChI=1S/C68H48F4N2.C64H38F6N2/c1-41-29-42(2)32-51(31-41)73(53-37-47(55-13-5-9-17-61(55)69)35-48(38-53)56-14-6-10-18-62(56)70)65-27-23-45-22-26-60-66(28-24-46-21-25-59(65)67(45)68(46)60)74(52-33-43(3)30-44(4)34-52)54-39-49(57-15-7-11-19-63(57)71)36-50(40-54)58-16-8-12-20-64(58)72;65-45-21-25-47(26-22-45)71(49-35-41(51-9-1-5-13-57(51)67)33-42(36-49)52-10-2-6-14-58(52)68)61-31-19-39-18-30-56-62(32-20-40-17-29-55(61)63(39)64(40)56)72(48-27-23-46(66)24-28-48)50-37-43(53-11-3-7-15-59(53)69)34-44(38-50)54-12-4-8-16-60(54)70/h5-40H,1-4H3;1-38H. The van der Waals surface area contributed by atoms with Gasteiger partial charge in [-0.05, 0) is 356 Å². The molecule has 0 radical (unpaired) electrons. The Morgan fingerprint density at radius 3 is 0.493 bits per heavy atom. The van der Waals surface area contributed by atoms with E-state index in [-0.39, 0.29) is 23.3 Å². The van der Waals surface area contributed by atoms with Crippen LogP contribution < -0.4 is 19.6 Å². The second-order valence-electron chi connectivity index (χ2n) is 37.1. The van der Waals surface area contributed by atoms with E-state index in [1.165, 1.54) is 72.8 Å². The number of nitrogens with zero attached hydrogens (tertiary/aromatic N) is 4. The molecule has 0 amide bonds. The van der Waals surface area contributed by atoms with Crippen molar-refractivity contribution in [1.29, 1.82) is 0 Å². The summed E-state index contributed by atoms with van der Waals surface area (Å²) in [7, 11) is 0. The van der Waals surface area contributed by atoms with Crippen molar-refractivity contribution in [2.24, 2.45) is 0 Å². The quantitative estimate of drug-likeness (QED) is 0.0557. The molecule has 0 N–H and O–H groups in total. The molecule has 0 aliphatic rings. The highest BCUT2D eigenvalue weighted by Gasteiger charge is 2.30. The first-order valence-electron chi connectivity index (χ1n) is 48.0. The van der Waals surface area contributed by atoms with Gasteiger partial charge in [0.1, 0.15) is 58.2 Å². The molecule has 146 heavy (non-hydrogen) atoms. The highest BCUT2D eigenvalue weighted by Crippen LogP contribution is 2.55. The molecule has 0 saturated carbocycles. The van der Waals surface area contributed by atoms with Gasteiger partial charge in [-0.25, -0.2) is 43.9 Å². The molecular formula is C132H86F10N4. The Balaban J connectivity index is 0.000000161. The fourth-order valence-corrected chi connectivity index (χ4v) is 21.1. The topological polar surface area (TPSA) is 13.0 Å². The highest BCUT2D eigenvalue weighted by molar-refractivity contribution is 6.30. The van der Waals surface area contributed by atoms with Crippen LogP contribution in [-0.2, 0) is 0 Å². The van der Waals surface area contributed by atoms with Crippen LogP contribution >= 0.6 is 0 Å². The van der Waals surface area contributed by atoms with Gasteiger partial charge in [0.25, 0.3) is 0 Å². The van der Waals surface area contributed by atoms with Gasteiger partial charge in [0.15, 0.2) is 0 Å². The summed E-state index contributed by atoms with van der Waals surface area (Å²) in [5.74, 6) is -4.15. The maximum absolute atomic E-state index is 15.9. The van der Waals surface area contributed by atoms with Crippen molar-refractivity contribution in [3.63, 3.8) is 0 Å². The third-order valence-electron chi connectivity index (χ3n) is 27.5. The Kier molecular flexibility index (Phi) is 23.9. The number of hydrogen-bond donors (Lipinski definition) is 0. The SMILES string of the molecule is Cc1cc(C)cc(N(c2cc(-c3ccccc3F)cc(-c3ccccc3F)c2)c2ccc3ccc4c(N(c5cc(C)cc(C)c5)c5cc(-c6ccccc6F)cc(-c6ccccc6F)c5)ccc5ccc2c3c54)c1.Fc1ccc(N(c2cc(-c3ccccc3F)cc(-c3ccccc3F)c2)c2ccc3ccc4c(N(c5ccc(F)cc5)c5cc(-c6ccccc6F)cc(-c6ccccc6F)c5)ccc5ccc2c3c54)cc1. The Morgan fingerprint density at radius 2 is 0.308 bits per heavy atom. The zero-order valence-corrected chi connectivity index (χ0v) is 79.3. The summed E-state index contributed by atoms with van der Waals surface area (Å²) in [6.45, 7) is 8.31. The maximum atomic E-state index is 15.9. The van der Waals surface area contributed by atoms with E-state index in [0.29, 0.717) is 123 Å². The van der Waals surface area contributed by atoms with E-state index in [1.54, 1.807) is 158 Å². The van der Waals surface area contributed by atoms with E-state index in [4.69, 9.17) is 0 Å². The van der Waals surface area contributed by atoms with E-state index in [9.17, 15) is 8.78 Å². The van der Waals surface area contributed by atoms with Crippen molar-refractivity contribution in [2.45, 2.75) is 27.7 Å². The molecule has 24 aromatic rings. The molecule has 0 spiro atoms. The summed E-state index contributed by atoms with van der Waals surface area (Å²) in [5, 5.41) is 11.4. The molecular weight excluding hydrogens is 1830 g/mol. The van der Waals surface area contributed by atoms with Crippen LogP contribution in [-0.4, -0.2) is 0 Å². The van der Waals surface area contributed by atoms with Gasteiger partial charge in [0, 0.05) is 112 Å². The van der Waals surface area contributed by atoms with Crippen molar-refractivity contribution in [1.82, 2.24) is 0 Å². The summed E-state index contributed by atoms with van der Waals surface area (Å²) in [4.78, 5) is 8.37. The minimum atomic E-state index is -0.446. The summed E-state index contributed by atoms with van der Waals surface area (Å²) >= 11 is 0. The van der Waals surface area contributed by atoms with E-state index >= 15 is 35.1 Å². The molecule has 0 aliphatic heterocycles. The lowest BCUT2D eigenvalue weighted by molar-refractivity contribution is 0.627. The van der Waals surface area contributed by atoms with Crippen LogP contribution in [0.3, 0.4) is 0 Å². The van der Waals surface area contributed by atoms with Gasteiger partial charge in [0.05, 0.1) is 22.7 Å². The van der Waals surface area contributed by atoms with Crippen LogP contribution in [0.1, 0.15) is 22.3 Å². The lowest BCUT2D eigenvalue weighted by Crippen LogP contribution is -2.12. The summed E-state index contributed by atoms with van der Waals surface area (Å²) < 4.78 is 156. The monoisotopic (exact) mass is 1920 g/mol. The van der Waals surface area contributed by atoms with E-state index in [0.717, 1.165) is 121 Å². The van der Waals surface area contributed by atoms with Crippen LogP contribution in [0.15, 0.2) is 449 Å². The Morgan fingerprint density at radius 1 is 0.144 bits per heavy atom. The van der Waals surface area contributed by atoms with E-state index in [2.05, 4.69) is 122 Å². The number of halogens is 10. The third-order valence-corrected chi connectivity index (χ3v) is 27.5. The fourth-order valence-electron chi connectivity index (χ4n) is 21.1. The lowest BCUT2D eigenvalue weighted by Gasteiger charge is -2.31. The second-order valence-corrected chi connectivity index (χ2v) is 37.1. The normalized spacial score (nSPS) is 11.5. The highest BCUT2D eigenvalue weighted by atomic mass is 19.2. The van der Waals surface area contributed by atoms with Crippen molar-refractivity contribution >= 4 is 133 Å². The summed E-state index contributed by atoms with van der Waals surface area (Å²) in [6.07, 6.45) is 0. The fraction of sp³-hybridized carbons (Fsp3) is 0.0303. The minimum Gasteiger partial charge on any atom is -0.310 e. The van der Waals surface area contributed by atoms with Crippen LogP contribution in [0.25, 0.3) is 154 Å². The molecule has 0 bridgehead atoms. The maximum Gasteiger partial charge on any atom is 0.131 e. The number of benzene rings is 24. The molecule has 0 fully saturated rings. The molecule has 704 valence electrons. The average Bonchev–Trinajstić information content (AvgIpc) is 0.718. The predicted octanol–water partition coefficient (Wildman–Crippen LogP) is 39.0. The Bertz CT molecular complexity index is 8410. The Labute approximate surface area is 837 Å². The first-order valence-corrected chi connectivity index (χ1v) is 48.0. The van der Waals surface area contributed by atoms with Gasteiger partial charge >= 0.3 is 0 Å². The molecule has 0 aromatic heterocycles. The van der Waals surface area contributed by atoms with Crippen molar-refractivity contribution in [3.8, 4) is 89.0 Å². The predicted molar refractivity (Wildman–Crippen MR) is 581 cm³/mol. The van der Waals surface area contributed by atoms with Crippen LogP contribution in [0.2, 0.25) is 0 Å². The van der Waals surface area contributed by atoms with E-state index < -0.39 is 34.9 Å². The molecule has 0 unspecified atom stereocenters. The molecule has 14 heteroatoms. The first kappa shape index (κ1) is 91.6. The first-order chi connectivity index (χ1) is 71.1. The number of anilines is 12. The third kappa shape index (κ3) is 17.2. The molecule has 0 heterocycles. The Hall–Kier alpha value is -18.1. The number of rotatable bonds is 20. The van der Waals surface area contributed by atoms with Gasteiger partial charge in [-0.15, -0.1) is 0 Å². The van der Waals surface area contributed by atoms with Gasteiger partial charge < -0.3 is 19.6 Å². The van der Waals surface area contributed by atoms with Crippen LogP contribution in [0.4, 0.5) is 112 Å². The van der Waals surface area contributed by atoms with Gasteiger partial charge in [-0.3, -0.25) is 0 Å². The molecule has 24 aromatic carbocycles. The van der Waals surface area contributed by atoms with Crippen LogP contribution in [0, 0.1) is 85.9 Å². The summed E-state index contributed by atoms with van der Waals surface area (Å²) in [6, 6.07) is 134. The number of aryl methyl sites for hydroxylation is 4. The van der Waals surface area contributed by atoms with Gasteiger partial charge in [-0.2, -0.15) is 0 Å². The average molecular weight is 1920 g/mol. The lowest BCUT2D eigenvalue weighted by atomic mass is 9.91. The van der Waals surface area contributed by atoms with Gasteiger partial charge in [-0.1, -0.05) is 231 Å². The van der Waals surface area contributed by atoms with E-state index in [1.807, 2.05) is 143 Å². The molecule has 0 aliphatic carbocycles. The summed E-state index contributed by atoms with van der Waals surface area (Å²) in [5.41, 5.74) is 20.4. The molecule has 0 atom stereocenters.